The molecule has 0 atom stereocenters. The SMILES string of the molecule is CN(C)S(=O)(=O)c1cc(C(=O)Nc2cnc3c(c2)c(=O)n(C)c(=O)n3C)ccc1Cl. The summed E-state index contributed by atoms with van der Waals surface area (Å²) in [5, 5.41) is 2.70. The van der Waals surface area contributed by atoms with Gasteiger partial charge >= 0.3 is 5.69 Å². The van der Waals surface area contributed by atoms with Crippen LogP contribution in [0.3, 0.4) is 0 Å². The summed E-state index contributed by atoms with van der Waals surface area (Å²) in [5.41, 5.74) is -0.648. The van der Waals surface area contributed by atoms with Crippen molar-refractivity contribution in [1.82, 2.24) is 18.4 Å². The first-order valence-electron chi connectivity index (χ1n) is 8.54. The molecule has 0 aliphatic heterocycles. The fourth-order valence-electron chi connectivity index (χ4n) is 2.78. The predicted molar refractivity (Wildman–Crippen MR) is 113 cm³/mol. The number of aromatic nitrogens is 3. The molecule has 1 N–H and O–H groups in total. The minimum absolute atomic E-state index is 0.0166. The van der Waals surface area contributed by atoms with Crippen molar-refractivity contribution in [2.24, 2.45) is 14.1 Å². The molecule has 0 saturated carbocycles. The van der Waals surface area contributed by atoms with Crippen LogP contribution in [0, 0.1) is 0 Å². The summed E-state index contributed by atoms with van der Waals surface area (Å²) in [4.78, 5) is 40.9. The van der Waals surface area contributed by atoms with Crippen molar-refractivity contribution in [3.63, 3.8) is 0 Å². The van der Waals surface area contributed by atoms with Gasteiger partial charge in [-0.2, -0.15) is 0 Å². The van der Waals surface area contributed by atoms with Gasteiger partial charge < -0.3 is 5.32 Å². The molecule has 30 heavy (non-hydrogen) atoms. The molecule has 1 aromatic carbocycles. The molecule has 0 aliphatic rings. The molecule has 0 saturated heterocycles. The summed E-state index contributed by atoms with van der Waals surface area (Å²) in [6.45, 7) is 0. The van der Waals surface area contributed by atoms with Gasteiger partial charge in [0.25, 0.3) is 11.5 Å². The molecule has 0 spiro atoms. The zero-order valence-corrected chi connectivity index (χ0v) is 18.1. The highest BCUT2D eigenvalue weighted by atomic mass is 35.5. The van der Waals surface area contributed by atoms with E-state index in [0.29, 0.717) is 0 Å². The number of benzene rings is 1. The van der Waals surface area contributed by atoms with Gasteiger partial charge in [-0.05, 0) is 24.3 Å². The van der Waals surface area contributed by atoms with Gasteiger partial charge in [0.05, 0.1) is 22.3 Å². The molecule has 0 bridgehead atoms. The van der Waals surface area contributed by atoms with Gasteiger partial charge in [0.15, 0.2) is 0 Å². The molecule has 0 aliphatic carbocycles. The zero-order chi connectivity index (χ0) is 22.4. The number of hydrogen-bond acceptors (Lipinski definition) is 6. The number of sulfonamides is 1. The van der Waals surface area contributed by atoms with E-state index >= 15 is 0 Å². The van der Waals surface area contributed by atoms with Crippen LogP contribution in [0.4, 0.5) is 5.69 Å². The number of fused-ring (bicyclic) bond motifs is 1. The lowest BCUT2D eigenvalue weighted by Gasteiger charge is -2.14. The Kier molecular flexibility index (Phi) is 5.54. The second-order valence-electron chi connectivity index (χ2n) is 6.69. The Hall–Kier alpha value is -3.02. The lowest BCUT2D eigenvalue weighted by Crippen LogP contribution is -2.37. The number of rotatable bonds is 4. The zero-order valence-electron chi connectivity index (χ0n) is 16.5. The Labute approximate surface area is 176 Å². The molecule has 0 radical (unpaired) electrons. The van der Waals surface area contributed by atoms with Gasteiger partial charge in [-0.3, -0.25) is 18.7 Å². The van der Waals surface area contributed by atoms with Gasteiger partial charge in [-0.25, -0.2) is 22.5 Å². The Morgan fingerprint density at radius 1 is 1.13 bits per heavy atom. The lowest BCUT2D eigenvalue weighted by atomic mass is 10.2. The van der Waals surface area contributed by atoms with E-state index in [0.717, 1.165) is 8.87 Å². The first-order chi connectivity index (χ1) is 13.9. The molecule has 10 nitrogen and oxygen atoms in total. The van der Waals surface area contributed by atoms with Crippen LogP contribution in [-0.4, -0.2) is 46.8 Å². The maximum absolute atomic E-state index is 12.7. The number of nitrogens with zero attached hydrogens (tertiary/aromatic N) is 4. The van der Waals surface area contributed by atoms with Crippen molar-refractivity contribution in [2.75, 3.05) is 19.4 Å². The maximum atomic E-state index is 12.7. The van der Waals surface area contributed by atoms with Crippen LogP contribution in [0.5, 0.6) is 0 Å². The molecule has 1 amide bonds. The van der Waals surface area contributed by atoms with E-state index < -0.39 is 27.2 Å². The van der Waals surface area contributed by atoms with Crippen molar-refractivity contribution in [3.05, 3.63) is 61.9 Å². The number of amides is 1. The van der Waals surface area contributed by atoms with E-state index in [-0.39, 0.29) is 32.2 Å². The summed E-state index contributed by atoms with van der Waals surface area (Å²) in [6, 6.07) is 5.26. The third-order valence-electron chi connectivity index (χ3n) is 4.50. The largest absolute Gasteiger partial charge is 0.332 e. The number of nitrogens with one attached hydrogen (secondary N) is 1. The van der Waals surface area contributed by atoms with Crippen molar-refractivity contribution in [3.8, 4) is 0 Å². The van der Waals surface area contributed by atoms with Gasteiger partial charge in [0.1, 0.15) is 10.5 Å². The fraction of sp³-hybridized carbons (Fsp3) is 0.222. The highest BCUT2D eigenvalue weighted by molar-refractivity contribution is 7.89. The van der Waals surface area contributed by atoms with E-state index in [1.807, 2.05) is 0 Å². The minimum Gasteiger partial charge on any atom is -0.321 e. The second-order valence-corrected chi connectivity index (χ2v) is 9.22. The standard InChI is InChI=1S/C18H18ClN5O5S/c1-22(2)30(28,29)14-7-10(5-6-13(14)19)16(25)21-11-8-12-15(20-9-11)23(3)18(27)24(4)17(12)26/h5-9H,1-4H3,(H,21,25). The molecule has 12 heteroatoms. The highest BCUT2D eigenvalue weighted by Gasteiger charge is 2.22. The van der Waals surface area contributed by atoms with Crippen molar-refractivity contribution >= 4 is 44.3 Å². The number of hydrogen-bond donors (Lipinski definition) is 1. The normalized spacial score (nSPS) is 11.8. The molecule has 0 fully saturated rings. The summed E-state index contributed by atoms with van der Waals surface area (Å²) in [5.74, 6) is -0.621. The van der Waals surface area contributed by atoms with E-state index in [1.54, 1.807) is 0 Å². The Balaban J connectivity index is 2.02. The van der Waals surface area contributed by atoms with Crippen molar-refractivity contribution in [2.45, 2.75) is 4.90 Å². The molecule has 2 heterocycles. The summed E-state index contributed by atoms with van der Waals surface area (Å²) < 4.78 is 27.9. The molecule has 0 unspecified atom stereocenters. The first kappa shape index (κ1) is 21.7. The third-order valence-corrected chi connectivity index (χ3v) is 6.80. The van der Waals surface area contributed by atoms with Gasteiger partial charge in [-0.15, -0.1) is 0 Å². The summed E-state index contributed by atoms with van der Waals surface area (Å²) >= 11 is 6.00. The van der Waals surface area contributed by atoms with Gasteiger partial charge in [0, 0.05) is 33.8 Å². The van der Waals surface area contributed by atoms with E-state index in [2.05, 4.69) is 10.3 Å². The van der Waals surface area contributed by atoms with Crippen LogP contribution in [0.1, 0.15) is 10.4 Å². The Morgan fingerprint density at radius 2 is 1.80 bits per heavy atom. The molecule has 3 aromatic rings. The fourth-order valence-corrected chi connectivity index (χ4v) is 4.17. The number of halogens is 1. The minimum atomic E-state index is -3.85. The van der Waals surface area contributed by atoms with Crippen LogP contribution in [0.2, 0.25) is 5.02 Å². The van der Waals surface area contributed by atoms with Crippen LogP contribution in [-0.2, 0) is 24.1 Å². The third kappa shape index (κ3) is 3.62. The Bertz CT molecular complexity index is 1410. The van der Waals surface area contributed by atoms with Crippen LogP contribution >= 0.6 is 11.6 Å². The van der Waals surface area contributed by atoms with Crippen LogP contribution in [0.15, 0.2) is 44.9 Å². The predicted octanol–water partition coefficient (Wildman–Crippen LogP) is 0.788. The lowest BCUT2D eigenvalue weighted by molar-refractivity contribution is 0.102. The number of anilines is 1. The number of aryl methyl sites for hydroxylation is 1. The first-order valence-corrected chi connectivity index (χ1v) is 10.4. The van der Waals surface area contributed by atoms with Crippen molar-refractivity contribution in [1.29, 1.82) is 0 Å². The molecule has 3 rings (SSSR count). The van der Waals surface area contributed by atoms with Crippen LogP contribution < -0.4 is 16.6 Å². The summed E-state index contributed by atoms with van der Waals surface area (Å²) in [7, 11) is 1.68. The summed E-state index contributed by atoms with van der Waals surface area (Å²) in [6.07, 6.45) is 1.30. The number of pyridine rings is 1. The van der Waals surface area contributed by atoms with E-state index in [4.69, 9.17) is 11.6 Å². The van der Waals surface area contributed by atoms with E-state index in [1.165, 1.54) is 63.2 Å². The molecular weight excluding hydrogens is 434 g/mol. The smallest absolute Gasteiger partial charge is 0.321 e. The Morgan fingerprint density at radius 3 is 2.43 bits per heavy atom. The van der Waals surface area contributed by atoms with Gasteiger partial charge in [-0.1, -0.05) is 11.6 Å². The number of carbonyl (C=O) groups is 1. The molecule has 2 aromatic heterocycles. The maximum Gasteiger partial charge on any atom is 0.332 e. The van der Waals surface area contributed by atoms with E-state index in [9.17, 15) is 22.8 Å². The van der Waals surface area contributed by atoms with Crippen LogP contribution in [0.25, 0.3) is 11.0 Å². The topological polar surface area (TPSA) is 123 Å². The van der Waals surface area contributed by atoms with Gasteiger partial charge in [0.2, 0.25) is 10.0 Å². The second kappa shape index (κ2) is 7.67. The average Bonchev–Trinajstić information content (AvgIpc) is 2.70. The average molecular weight is 452 g/mol. The monoisotopic (exact) mass is 451 g/mol. The highest BCUT2D eigenvalue weighted by Crippen LogP contribution is 2.25. The molecular formula is C18H18ClN5O5S. The molecule has 158 valence electrons. The number of carbonyl (C=O) groups excluding carboxylic acids is 1. The quantitative estimate of drug-likeness (QED) is 0.625. The van der Waals surface area contributed by atoms with Crippen molar-refractivity contribution < 1.29 is 13.2 Å².